The van der Waals surface area contributed by atoms with Crippen LogP contribution < -0.4 is 21.3 Å². The molecule has 0 radical (unpaired) electrons. The first-order valence-corrected chi connectivity index (χ1v) is 12.6. The number of hydrogen-bond acceptors (Lipinski definition) is 8. The van der Waals surface area contributed by atoms with Gasteiger partial charge in [-0.1, -0.05) is 37.3 Å². The highest BCUT2D eigenvalue weighted by molar-refractivity contribution is 6.03. The number of ether oxygens (including phenoxy) is 1. The number of amides is 6. The molecule has 1 aromatic carbocycles. The Kier molecular flexibility index (Phi) is 12.7. The Morgan fingerprint density at radius 2 is 1.59 bits per heavy atom. The lowest BCUT2D eigenvalue weighted by molar-refractivity contribution is -0.140. The summed E-state index contributed by atoms with van der Waals surface area (Å²) in [6, 6.07) is 8.03. The maximum Gasteiger partial charge on any atom is 0.243 e. The first-order valence-electron chi connectivity index (χ1n) is 12.6. The van der Waals surface area contributed by atoms with Gasteiger partial charge in [0.25, 0.3) is 0 Å². The molecule has 39 heavy (non-hydrogen) atoms. The Labute approximate surface area is 226 Å². The van der Waals surface area contributed by atoms with Crippen LogP contribution in [0.2, 0.25) is 0 Å². The van der Waals surface area contributed by atoms with Crippen molar-refractivity contribution in [3.05, 3.63) is 35.9 Å². The summed E-state index contributed by atoms with van der Waals surface area (Å²) in [5.74, 6) is -3.25. The molecule has 1 aliphatic rings. The van der Waals surface area contributed by atoms with Crippen molar-refractivity contribution in [3.63, 3.8) is 0 Å². The number of carbonyl (C=O) groups excluding carboxylic acids is 7. The molecule has 6 amide bonds. The van der Waals surface area contributed by atoms with Gasteiger partial charge in [-0.05, 0) is 12.5 Å². The van der Waals surface area contributed by atoms with Crippen LogP contribution in [0.3, 0.4) is 0 Å². The van der Waals surface area contributed by atoms with Crippen molar-refractivity contribution in [2.24, 2.45) is 5.92 Å². The van der Waals surface area contributed by atoms with Gasteiger partial charge in [0.1, 0.15) is 11.8 Å². The van der Waals surface area contributed by atoms with Crippen LogP contribution in [0.4, 0.5) is 0 Å². The molecular formula is C26H35N5O8. The summed E-state index contributed by atoms with van der Waals surface area (Å²) >= 11 is 0. The van der Waals surface area contributed by atoms with Crippen molar-refractivity contribution in [3.8, 4) is 0 Å². The molecule has 212 valence electrons. The number of imide groups is 1. The molecule has 1 heterocycles. The largest absolute Gasteiger partial charge is 0.379 e. The van der Waals surface area contributed by atoms with E-state index in [0.717, 1.165) is 10.5 Å². The fourth-order valence-electron chi connectivity index (χ4n) is 3.65. The molecule has 1 saturated heterocycles. The van der Waals surface area contributed by atoms with Gasteiger partial charge in [-0.15, -0.1) is 0 Å². The van der Waals surface area contributed by atoms with Crippen LogP contribution >= 0.6 is 0 Å². The average molecular weight is 546 g/mol. The summed E-state index contributed by atoms with van der Waals surface area (Å²) < 4.78 is 5.30. The van der Waals surface area contributed by atoms with E-state index in [-0.39, 0.29) is 75.6 Å². The van der Waals surface area contributed by atoms with E-state index < -0.39 is 36.2 Å². The summed E-state index contributed by atoms with van der Waals surface area (Å²) in [7, 11) is 0. The van der Waals surface area contributed by atoms with Gasteiger partial charge in [-0.2, -0.15) is 0 Å². The van der Waals surface area contributed by atoms with E-state index in [0.29, 0.717) is 0 Å². The van der Waals surface area contributed by atoms with Gasteiger partial charge >= 0.3 is 0 Å². The fraction of sp³-hybridized carbons (Fsp3) is 0.500. The van der Waals surface area contributed by atoms with Crippen molar-refractivity contribution in [1.29, 1.82) is 0 Å². The lowest BCUT2D eigenvalue weighted by Crippen LogP contribution is -2.51. The second-order valence-electron chi connectivity index (χ2n) is 9.13. The molecule has 2 rings (SSSR count). The zero-order valence-corrected chi connectivity index (χ0v) is 22.1. The molecule has 2 atom stereocenters. The zero-order chi connectivity index (χ0) is 28.8. The molecule has 0 spiro atoms. The topological polar surface area (TPSA) is 180 Å². The van der Waals surface area contributed by atoms with Crippen LogP contribution in [-0.4, -0.2) is 91.6 Å². The Balaban J connectivity index is 1.65. The van der Waals surface area contributed by atoms with E-state index in [4.69, 9.17) is 4.74 Å². The van der Waals surface area contributed by atoms with Crippen LogP contribution in [0.25, 0.3) is 0 Å². The Bertz CT molecular complexity index is 1060. The van der Waals surface area contributed by atoms with Gasteiger partial charge in [0.05, 0.1) is 39.4 Å². The van der Waals surface area contributed by atoms with Crippen molar-refractivity contribution in [2.75, 3.05) is 39.4 Å². The minimum atomic E-state index is -0.957. The fourth-order valence-corrected chi connectivity index (χ4v) is 3.65. The number of ketones is 1. The molecule has 0 aliphatic carbocycles. The Hall–Kier alpha value is -4.13. The number of nitrogens with one attached hydrogen (secondary N) is 4. The quantitative estimate of drug-likeness (QED) is 0.142. The Morgan fingerprint density at radius 1 is 0.923 bits per heavy atom. The van der Waals surface area contributed by atoms with Gasteiger partial charge in [0.2, 0.25) is 35.4 Å². The molecular weight excluding hydrogens is 510 g/mol. The third kappa shape index (κ3) is 11.4. The molecule has 13 nitrogen and oxygen atoms in total. The molecule has 2 unspecified atom stereocenters. The predicted octanol–water partition coefficient (Wildman–Crippen LogP) is -1.55. The van der Waals surface area contributed by atoms with Crippen LogP contribution in [0.5, 0.6) is 0 Å². The Morgan fingerprint density at radius 3 is 2.23 bits per heavy atom. The van der Waals surface area contributed by atoms with Crippen LogP contribution in [0, 0.1) is 5.92 Å². The maximum absolute atomic E-state index is 12.5. The number of nitrogens with zero attached hydrogens (tertiary/aromatic N) is 1. The number of hydrogen-bond donors (Lipinski definition) is 4. The third-order valence-electron chi connectivity index (χ3n) is 5.74. The third-order valence-corrected chi connectivity index (χ3v) is 5.74. The number of Topliss-reactive ketones (excluding diaryl/α,β-unsaturated/α-hetero) is 1. The van der Waals surface area contributed by atoms with Gasteiger partial charge in [0, 0.05) is 25.2 Å². The summed E-state index contributed by atoms with van der Waals surface area (Å²) in [4.78, 5) is 84.7. The first kappa shape index (κ1) is 31.1. The number of benzene rings is 1. The highest BCUT2D eigenvalue weighted by atomic mass is 16.5. The molecule has 0 aromatic heterocycles. The minimum absolute atomic E-state index is 0.0378. The summed E-state index contributed by atoms with van der Waals surface area (Å²) in [6.45, 7) is 2.32. The van der Waals surface area contributed by atoms with Crippen molar-refractivity contribution < 1.29 is 38.3 Å². The van der Waals surface area contributed by atoms with E-state index in [1.807, 2.05) is 6.07 Å². The van der Waals surface area contributed by atoms with E-state index in [1.54, 1.807) is 31.2 Å². The average Bonchev–Trinajstić information content (AvgIpc) is 3.14. The number of likely N-dealkylation sites (tertiary alicyclic amines) is 1. The minimum Gasteiger partial charge on any atom is -0.379 e. The molecule has 1 aromatic rings. The van der Waals surface area contributed by atoms with Crippen molar-refractivity contribution in [2.45, 2.75) is 39.2 Å². The second-order valence-corrected chi connectivity index (χ2v) is 9.13. The van der Waals surface area contributed by atoms with Crippen LogP contribution in [-0.2, 0) is 44.7 Å². The lowest BCUT2D eigenvalue weighted by atomic mass is 10.1. The molecule has 0 bridgehead atoms. The summed E-state index contributed by atoms with van der Waals surface area (Å²) in [6.07, 6.45) is 0.338. The van der Waals surface area contributed by atoms with E-state index in [2.05, 4.69) is 21.3 Å². The molecule has 4 N–H and O–H groups in total. The second kappa shape index (κ2) is 16.0. The molecule has 1 fully saturated rings. The number of rotatable bonds is 16. The molecule has 13 heteroatoms. The number of carbonyl (C=O) groups is 7. The van der Waals surface area contributed by atoms with E-state index in [1.165, 1.54) is 6.92 Å². The highest BCUT2D eigenvalue weighted by Crippen LogP contribution is 2.18. The molecule has 0 saturated carbocycles. The maximum atomic E-state index is 12.5. The zero-order valence-electron chi connectivity index (χ0n) is 22.1. The van der Waals surface area contributed by atoms with E-state index >= 15 is 0 Å². The lowest BCUT2D eigenvalue weighted by Gasteiger charge is -2.18. The summed E-state index contributed by atoms with van der Waals surface area (Å²) in [5.41, 5.74) is 0.795. The van der Waals surface area contributed by atoms with E-state index in [9.17, 15) is 33.6 Å². The van der Waals surface area contributed by atoms with Gasteiger partial charge < -0.3 is 26.0 Å². The van der Waals surface area contributed by atoms with Crippen molar-refractivity contribution in [1.82, 2.24) is 26.2 Å². The molecule has 1 aliphatic heterocycles. The normalized spacial score (nSPS) is 15.4. The smallest absolute Gasteiger partial charge is 0.243 e. The summed E-state index contributed by atoms with van der Waals surface area (Å²) in [5, 5.41) is 9.78. The first-order chi connectivity index (χ1) is 18.6. The van der Waals surface area contributed by atoms with Gasteiger partial charge in [0.15, 0.2) is 0 Å². The highest BCUT2D eigenvalue weighted by Gasteiger charge is 2.34. The van der Waals surface area contributed by atoms with Crippen LogP contribution in [0.1, 0.15) is 32.3 Å². The predicted molar refractivity (Wildman–Crippen MR) is 138 cm³/mol. The van der Waals surface area contributed by atoms with Crippen molar-refractivity contribution >= 4 is 41.2 Å². The van der Waals surface area contributed by atoms with Gasteiger partial charge in [-0.3, -0.25) is 38.5 Å². The SMILES string of the molecule is CC(=O)CNC(=O)C(Cc1ccccc1)NC(=O)CNC(=O)CNC(=O)CCOCCN1C(=O)CC(C)C1=O. The van der Waals surface area contributed by atoms with Crippen LogP contribution in [0.15, 0.2) is 30.3 Å². The standard InChI is InChI=1S/C26H35N5O8/c1-17-12-24(36)31(26(17)38)9-11-39-10-8-21(33)27-15-22(34)28-16-23(35)30-20(25(37)29-14-18(2)32)13-19-6-4-3-5-7-19/h3-7,17,20H,8-16H2,1-2H3,(H,27,33)(H,28,34)(H,29,37)(H,30,35). The monoisotopic (exact) mass is 545 g/mol. The van der Waals surface area contributed by atoms with Gasteiger partial charge in [-0.25, -0.2) is 0 Å².